The number of rotatable bonds is 24. The van der Waals surface area contributed by atoms with Crippen molar-refractivity contribution < 1.29 is 38.2 Å². The Balaban J connectivity index is 1.35. The molecule has 3 atom stereocenters. The van der Waals surface area contributed by atoms with Crippen molar-refractivity contribution in [2.24, 2.45) is 11.1 Å². The van der Waals surface area contributed by atoms with Gasteiger partial charge in [-0.05, 0) is 65.6 Å². The molecule has 4 aromatic rings. The molecule has 1 aliphatic heterocycles. The molecule has 16 nitrogen and oxygen atoms in total. The Morgan fingerprint density at radius 2 is 1.53 bits per heavy atom. The second kappa shape index (κ2) is 25.5. The first kappa shape index (κ1) is 50.1. The van der Waals surface area contributed by atoms with Crippen molar-refractivity contribution in [1.29, 1.82) is 0 Å². The molecule has 1 saturated heterocycles. The van der Waals surface area contributed by atoms with E-state index in [9.17, 15) is 28.8 Å². The average molecular weight is 903 g/mol. The largest absolute Gasteiger partial charge is 0.481 e. The van der Waals surface area contributed by atoms with Crippen molar-refractivity contribution in [3.63, 3.8) is 0 Å². The highest BCUT2D eigenvalue weighted by atomic mass is 16.5. The standard InChI is InChI=1S/C50H62N8O8/c1-4-46(61)58-26-10-22-50(34-58,31-37-11-6-5-7-12-37)49(64)57-43(29-36-15-17-38(18-16-36)41-19-20-45(65-3)54-32-41)48(63)55-33-40-14-9-8-13-39(40)30-44(60)56-42(21-24-52-35(2)59)47(62)53-25-28-66-27-23-51/h4-9,11-20,32,42-43H,1,10,21-31,33-34,51H2,2-3H3,(H,52,59)(H,53,62)(H,55,63)(H,56,60)(H,57,64)/t42-,43-,50-/m0/s1. The van der Waals surface area contributed by atoms with Gasteiger partial charge in [-0.15, -0.1) is 0 Å². The predicted molar refractivity (Wildman–Crippen MR) is 251 cm³/mol. The minimum absolute atomic E-state index is 0.0318. The van der Waals surface area contributed by atoms with E-state index in [2.05, 4.69) is 38.1 Å². The molecule has 0 spiro atoms. The summed E-state index contributed by atoms with van der Waals surface area (Å²) in [6.07, 6.45) is 4.63. The number of ether oxygens (including phenoxy) is 2. The van der Waals surface area contributed by atoms with Crippen LogP contribution in [0.1, 0.15) is 48.4 Å². The van der Waals surface area contributed by atoms with Gasteiger partial charge in [-0.1, -0.05) is 85.4 Å². The molecule has 66 heavy (non-hydrogen) atoms. The fourth-order valence-electron chi connectivity index (χ4n) is 7.95. The zero-order valence-corrected chi connectivity index (χ0v) is 37.8. The molecule has 16 heteroatoms. The topological polar surface area (TPSA) is 223 Å². The number of piperidine rings is 1. The molecular formula is C50H62N8O8. The van der Waals surface area contributed by atoms with Crippen molar-refractivity contribution in [2.75, 3.05) is 53.0 Å². The number of hydrogen-bond donors (Lipinski definition) is 6. The number of benzene rings is 3. The number of hydrogen-bond acceptors (Lipinski definition) is 10. The van der Waals surface area contributed by atoms with Gasteiger partial charge >= 0.3 is 0 Å². The first-order chi connectivity index (χ1) is 31.9. The van der Waals surface area contributed by atoms with E-state index in [-0.39, 0.29) is 69.8 Å². The minimum atomic E-state index is -1.03. The number of aromatic nitrogens is 1. The third-order valence-corrected chi connectivity index (χ3v) is 11.4. The van der Waals surface area contributed by atoms with E-state index < -0.39 is 35.2 Å². The zero-order valence-electron chi connectivity index (χ0n) is 37.8. The summed E-state index contributed by atoms with van der Waals surface area (Å²) < 4.78 is 10.5. The molecule has 350 valence electrons. The van der Waals surface area contributed by atoms with Crippen LogP contribution >= 0.6 is 0 Å². The summed E-state index contributed by atoms with van der Waals surface area (Å²) in [7, 11) is 1.55. The smallest absolute Gasteiger partial charge is 0.245 e. The zero-order chi connectivity index (χ0) is 47.3. The number of nitrogens with two attached hydrogens (primary N) is 1. The molecule has 1 fully saturated rings. The van der Waals surface area contributed by atoms with Gasteiger partial charge in [0.15, 0.2) is 0 Å². The minimum Gasteiger partial charge on any atom is -0.481 e. The van der Waals surface area contributed by atoms with Gasteiger partial charge in [0.25, 0.3) is 0 Å². The van der Waals surface area contributed by atoms with Crippen molar-refractivity contribution >= 4 is 35.4 Å². The summed E-state index contributed by atoms with van der Waals surface area (Å²) in [6, 6.07) is 26.2. The van der Waals surface area contributed by atoms with Crippen LogP contribution < -0.4 is 37.1 Å². The van der Waals surface area contributed by atoms with Gasteiger partial charge in [0.2, 0.25) is 41.3 Å². The lowest BCUT2D eigenvalue weighted by Gasteiger charge is -2.42. The Morgan fingerprint density at radius 1 is 0.818 bits per heavy atom. The lowest BCUT2D eigenvalue weighted by Crippen LogP contribution is -2.58. The Kier molecular flexibility index (Phi) is 19.4. The summed E-state index contributed by atoms with van der Waals surface area (Å²) in [5.74, 6) is -1.68. The first-order valence-electron chi connectivity index (χ1n) is 22.2. The lowest BCUT2D eigenvalue weighted by molar-refractivity contribution is -0.141. The second-order valence-corrected chi connectivity index (χ2v) is 16.3. The highest BCUT2D eigenvalue weighted by Gasteiger charge is 2.44. The average Bonchev–Trinajstić information content (AvgIpc) is 3.33. The Morgan fingerprint density at radius 3 is 2.21 bits per heavy atom. The van der Waals surface area contributed by atoms with E-state index in [0.717, 1.165) is 22.3 Å². The molecule has 3 aromatic carbocycles. The summed E-state index contributed by atoms with van der Waals surface area (Å²) in [5.41, 5.74) is 9.22. The van der Waals surface area contributed by atoms with Crippen molar-refractivity contribution in [3.05, 3.63) is 132 Å². The van der Waals surface area contributed by atoms with Crippen LogP contribution in [0.15, 0.2) is 110 Å². The SMILES string of the molecule is C=CC(=O)N1CCC[C@@](Cc2ccccc2)(C(=O)N[C@@H](Cc2ccc(-c3ccc(OC)nc3)cc2)C(=O)NCc2ccccc2CC(=O)N[C@@H](CCNC(C)=O)C(=O)NCCOCCN)C1. The van der Waals surface area contributed by atoms with Crippen molar-refractivity contribution in [1.82, 2.24) is 36.5 Å². The van der Waals surface area contributed by atoms with Crippen molar-refractivity contribution in [2.45, 2.75) is 64.1 Å². The van der Waals surface area contributed by atoms with E-state index in [1.165, 1.54) is 13.0 Å². The normalized spacial score (nSPS) is 15.3. The molecule has 0 aliphatic carbocycles. The number of amides is 6. The highest BCUT2D eigenvalue weighted by molar-refractivity contribution is 5.92. The number of nitrogens with one attached hydrogen (secondary N) is 5. The molecule has 0 radical (unpaired) electrons. The summed E-state index contributed by atoms with van der Waals surface area (Å²) in [6.45, 7) is 7.04. The van der Waals surface area contributed by atoms with Crippen LogP contribution in [0.3, 0.4) is 0 Å². The summed E-state index contributed by atoms with van der Waals surface area (Å²) in [4.78, 5) is 86.3. The number of likely N-dealkylation sites (tertiary alicyclic amines) is 1. The predicted octanol–water partition coefficient (Wildman–Crippen LogP) is 2.78. The fraction of sp³-hybridized carbons (Fsp3) is 0.380. The molecule has 7 N–H and O–H groups in total. The number of carbonyl (C=O) groups excluding carboxylic acids is 6. The Hall–Kier alpha value is -6.91. The van der Waals surface area contributed by atoms with E-state index in [4.69, 9.17) is 15.2 Å². The third kappa shape index (κ3) is 15.1. The molecule has 0 unspecified atom stereocenters. The molecule has 1 aromatic heterocycles. The van der Waals surface area contributed by atoms with E-state index in [1.54, 1.807) is 48.5 Å². The quantitative estimate of drug-likeness (QED) is 0.0446. The molecular weight excluding hydrogens is 841 g/mol. The van der Waals surface area contributed by atoms with E-state index in [0.29, 0.717) is 56.0 Å². The van der Waals surface area contributed by atoms with Crippen molar-refractivity contribution in [3.8, 4) is 17.0 Å². The van der Waals surface area contributed by atoms with Crippen LogP contribution in [0.5, 0.6) is 5.88 Å². The van der Waals surface area contributed by atoms with Crippen LogP contribution in [-0.2, 0) is 59.3 Å². The van der Waals surface area contributed by atoms with Gasteiger partial charge in [-0.3, -0.25) is 28.8 Å². The van der Waals surface area contributed by atoms with Crippen LogP contribution in [0.4, 0.5) is 0 Å². The molecule has 1 aliphatic rings. The number of methoxy groups -OCH3 is 1. The van der Waals surface area contributed by atoms with Gasteiger partial charge in [0, 0.05) is 70.4 Å². The van der Waals surface area contributed by atoms with Gasteiger partial charge in [-0.2, -0.15) is 0 Å². The maximum atomic E-state index is 14.8. The molecule has 5 rings (SSSR count). The fourth-order valence-corrected chi connectivity index (χ4v) is 7.95. The lowest BCUT2D eigenvalue weighted by atomic mass is 9.74. The molecule has 6 amide bonds. The number of carbonyl (C=O) groups is 6. The first-order valence-corrected chi connectivity index (χ1v) is 22.2. The molecule has 2 heterocycles. The third-order valence-electron chi connectivity index (χ3n) is 11.4. The van der Waals surface area contributed by atoms with Crippen LogP contribution in [0.2, 0.25) is 0 Å². The summed E-state index contributed by atoms with van der Waals surface area (Å²) in [5, 5.41) is 14.3. The Labute approximate surface area is 386 Å². The maximum absolute atomic E-state index is 14.8. The summed E-state index contributed by atoms with van der Waals surface area (Å²) >= 11 is 0. The van der Waals surface area contributed by atoms with Crippen LogP contribution in [0, 0.1) is 5.41 Å². The molecule has 0 saturated carbocycles. The molecule has 0 bridgehead atoms. The number of nitrogens with zero attached hydrogens (tertiary/aromatic N) is 2. The van der Waals surface area contributed by atoms with Crippen LogP contribution in [0.25, 0.3) is 11.1 Å². The maximum Gasteiger partial charge on any atom is 0.245 e. The van der Waals surface area contributed by atoms with E-state index >= 15 is 0 Å². The van der Waals surface area contributed by atoms with Crippen LogP contribution in [-0.4, -0.2) is 110 Å². The van der Waals surface area contributed by atoms with Gasteiger partial charge < -0.3 is 46.7 Å². The number of pyridine rings is 1. The Bertz CT molecular complexity index is 2260. The van der Waals surface area contributed by atoms with Gasteiger partial charge in [0.05, 0.1) is 32.2 Å². The monoisotopic (exact) mass is 902 g/mol. The highest BCUT2D eigenvalue weighted by Crippen LogP contribution is 2.35. The van der Waals surface area contributed by atoms with E-state index in [1.807, 2.05) is 60.7 Å². The second-order valence-electron chi connectivity index (χ2n) is 16.3. The van der Waals surface area contributed by atoms with Gasteiger partial charge in [0.1, 0.15) is 12.1 Å². The van der Waals surface area contributed by atoms with Gasteiger partial charge in [-0.25, -0.2) is 4.98 Å².